The summed E-state index contributed by atoms with van der Waals surface area (Å²) in [5.74, 6) is -2.62. The summed E-state index contributed by atoms with van der Waals surface area (Å²) in [6, 6.07) is 9.81. The number of sulfonamides is 1. The topological polar surface area (TPSA) is 142 Å². The number of methoxy groups -OCH3 is 2. The van der Waals surface area contributed by atoms with E-state index in [9.17, 15) is 22.8 Å². The third kappa shape index (κ3) is 4.72. The van der Waals surface area contributed by atoms with E-state index in [4.69, 9.17) is 5.73 Å². The van der Waals surface area contributed by atoms with E-state index in [1.807, 2.05) is 0 Å². The molecule has 2 rings (SSSR count). The van der Waals surface area contributed by atoms with Crippen molar-refractivity contribution in [1.29, 1.82) is 0 Å². The van der Waals surface area contributed by atoms with Gasteiger partial charge >= 0.3 is 11.9 Å². The van der Waals surface area contributed by atoms with E-state index in [2.05, 4.69) is 14.2 Å². The van der Waals surface area contributed by atoms with Crippen LogP contribution in [0.1, 0.15) is 32.3 Å². The summed E-state index contributed by atoms with van der Waals surface area (Å²) in [4.78, 5) is 35.1. The van der Waals surface area contributed by atoms with Crippen LogP contribution in [0.25, 0.3) is 0 Å². The highest BCUT2D eigenvalue weighted by molar-refractivity contribution is 7.89. The molecule has 0 aromatic heterocycles. The predicted molar refractivity (Wildman–Crippen MR) is 97.8 cm³/mol. The Hall–Kier alpha value is -3.24. The van der Waals surface area contributed by atoms with Gasteiger partial charge in [0, 0.05) is 0 Å². The van der Waals surface area contributed by atoms with Crippen molar-refractivity contribution in [3.05, 3.63) is 65.2 Å². The minimum absolute atomic E-state index is 0.180. The second-order valence-electron chi connectivity index (χ2n) is 5.60. The van der Waals surface area contributed by atoms with Crippen LogP contribution in [0, 0.1) is 0 Å². The van der Waals surface area contributed by atoms with Crippen LogP contribution >= 0.6 is 0 Å². The molecule has 2 aromatic carbocycles. The van der Waals surface area contributed by atoms with Crippen LogP contribution in [-0.2, 0) is 24.3 Å². The van der Waals surface area contributed by atoms with Crippen LogP contribution in [0.3, 0.4) is 0 Å². The number of amides is 1. The highest BCUT2D eigenvalue weighted by Gasteiger charge is 2.27. The minimum Gasteiger partial charge on any atom is -0.465 e. The van der Waals surface area contributed by atoms with Gasteiger partial charge in [-0.15, -0.1) is 0 Å². The Labute approximate surface area is 161 Å². The lowest BCUT2D eigenvalue weighted by atomic mass is 10.1. The highest BCUT2D eigenvalue weighted by Crippen LogP contribution is 2.21. The Morgan fingerprint density at radius 2 is 1.43 bits per heavy atom. The van der Waals surface area contributed by atoms with Gasteiger partial charge in [0.1, 0.15) is 6.04 Å². The molecule has 0 bridgehead atoms. The molecule has 0 aliphatic carbocycles. The van der Waals surface area contributed by atoms with Gasteiger partial charge < -0.3 is 15.2 Å². The molecule has 0 aliphatic heterocycles. The molecule has 0 spiro atoms. The van der Waals surface area contributed by atoms with Crippen molar-refractivity contribution in [2.45, 2.75) is 10.9 Å². The number of carbonyl (C=O) groups is 3. The van der Waals surface area contributed by atoms with Gasteiger partial charge in [-0.05, 0) is 23.8 Å². The van der Waals surface area contributed by atoms with Gasteiger partial charge in [0.25, 0.3) is 0 Å². The van der Waals surface area contributed by atoms with Crippen molar-refractivity contribution in [2.75, 3.05) is 14.2 Å². The molecule has 10 heteroatoms. The first kappa shape index (κ1) is 21.1. The van der Waals surface area contributed by atoms with Crippen molar-refractivity contribution >= 4 is 27.9 Å². The zero-order chi connectivity index (χ0) is 20.9. The Kier molecular flexibility index (Phi) is 6.49. The van der Waals surface area contributed by atoms with Gasteiger partial charge in [-0.1, -0.05) is 30.3 Å². The summed E-state index contributed by atoms with van der Waals surface area (Å²) in [7, 11) is -2.13. The van der Waals surface area contributed by atoms with E-state index in [-0.39, 0.29) is 11.1 Å². The van der Waals surface area contributed by atoms with E-state index in [0.29, 0.717) is 5.56 Å². The monoisotopic (exact) mass is 406 g/mol. The lowest BCUT2D eigenvalue weighted by Gasteiger charge is -2.17. The lowest BCUT2D eigenvalue weighted by molar-refractivity contribution is -0.119. The number of rotatable bonds is 7. The summed E-state index contributed by atoms with van der Waals surface area (Å²) in [5, 5.41) is 0. The Balaban J connectivity index is 2.52. The van der Waals surface area contributed by atoms with Crippen LogP contribution in [0.5, 0.6) is 0 Å². The molecule has 2 aromatic rings. The van der Waals surface area contributed by atoms with Crippen molar-refractivity contribution in [3.63, 3.8) is 0 Å². The second-order valence-corrected chi connectivity index (χ2v) is 7.31. The molecule has 0 heterocycles. The van der Waals surface area contributed by atoms with Crippen molar-refractivity contribution in [3.8, 4) is 0 Å². The zero-order valence-electron chi connectivity index (χ0n) is 15.0. The van der Waals surface area contributed by atoms with Crippen molar-refractivity contribution < 1.29 is 32.3 Å². The maximum Gasteiger partial charge on any atom is 0.337 e. The van der Waals surface area contributed by atoms with Gasteiger partial charge in [0.05, 0.1) is 30.2 Å². The van der Waals surface area contributed by atoms with Gasteiger partial charge in [0.15, 0.2) is 0 Å². The minimum atomic E-state index is -4.35. The fourth-order valence-electron chi connectivity index (χ4n) is 2.38. The molecule has 9 nitrogen and oxygen atoms in total. The van der Waals surface area contributed by atoms with Crippen LogP contribution in [0.15, 0.2) is 53.4 Å². The maximum absolute atomic E-state index is 12.8. The molecule has 1 atom stereocenters. The molecular formula is C18H18N2O7S. The van der Waals surface area contributed by atoms with E-state index >= 15 is 0 Å². The van der Waals surface area contributed by atoms with Crippen molar-refractivity contribution in [1.82, 2.24) is 4.72 Å². The number of hydrogen-bond donors (Lipinski definition) is 2. The van der Waals surface area contributed by atoms with Crippen LogP contribution in [0.2, 0.25) is 0 Å². The quantitative estimate of drug-likeness (QED) is 0.647. The molecule has 1 unspecified atom stereocenters. The second kappa shape index (κ2) is 8.63. The van der Waals surface area contributed by atoms with Gasteiger partial charge in [-0.25, -0.2) is 18.0 Å². The standard InChI is InChI=1S/C18H18N2O7S/c1-26-17(22)12-8-13(18(23)27-2)10-14(9-12)28(24,25)20-15(16(19)21)11-6-4-3-5-7-11/h3-10,15,20H,1-2H3,(H2,19,21). The maximum atomic E-state index is 12.8. The molecule has 0 saturated heterocycles. The summed E-state index contributed by atoms with van der Waals surface area (Å²) in [5.41, 5.74) is 5.31. The van der Waals surface area contributed by atoms with E-state index in [1.54, 1.807) is 18.2 Å². The normalized spacial score (nSPS) is 12.1. The molecule has 148 valence electrons. The molecule has 1 amide bonds. The molecular weight excluding hydrogens is 388 g/mol. The number of nitrogens with one attached hydrogen (secondary N) is 1. The molecule has 0 aliphatic rings. The fraction of sp³-hybridized carbons (Fsp3) is 0.167. The smallest absolute Gasteiger partial charge is 0.337 e. The number of primary amides is 1. The van der Waals surface area contributed by atoms with Crippen LogP contribution in [0.4, 0.5) is 0 Å². The molecule has 28 heavy (non-hydrogen) atoms. The first-order valence-corrected chi connectivity index (χ1v) is 9.36. The fourth-order valence-corrected chi connectivity index (χ4v) is 3.65. The van der Waals surface area contributed by atoms with Crippen LogP contribution < -0.4 is 10.5 Å². The Morgan fingerprint density at radius 3 is 1.86 bits per heavy atom. The number of ether oxygens (including phenoxy) is 2. The summed E-state index contributed by atoms with van der Waals surface area (Å²) in [6.07, 6.45) is 0. The largest absolute Gasteiger partial charge is 0.465 e. The number of benzene rings is 2. The average Bonchev–Trinajstić information content (AvgIpc) is 2.70. The van der Waals surface area contributed by atoms with Gasteiger partial charge in [-0.3, -0.25) is 4.79 Å². The molecule has 0 fully saturated rings. The lowest BCUT2D eigenvalue weighted by Crippen LogP contribution is -2.37. The van der Waals surface area contributed by atoms with Crippen LogP contribution in [-0.4, -0.2) is 40.5 Å². The first-order chi connectivity index (χ1) is 13.2. The third-order valence-corrected chi connectivity index (χ3v) is 5.15. The average molecular weight is 406 g/mol. The SMILES string of the molecule is COC(=O)c1cc(C(=O)OC)cc(S(=O)(=O)NC(C(N)=O)c2ccccc2)c1. The molecule has 0 saturated carbocycles. The number of carbonyl (C=O) groups excluding carboxylic acids is 3. The molecule has 0 radical (unpaired) electrons. The predicted octanol–water partition coefficient (Wildman–Crippen LogP) is 0.765. The van der Waals surface area contributed by atoms with Crippen molar-refractivity contribution in [2.24, 2.45) is 5.73 Å². The highest BCUT2D eigenvalue weighted by atomic mass is 32.2. The Morgan fingerprint density at radius 1 is 0.929 bits per heavy atom. The first-order valence-electron chi connectivity index (χ1n) is 7.88. The van der Waals surface area contributed by atoms with Gasteiger partial charge in [0.2, 0.25) is 15.9 Å². The summed E-state index contributed by atoms with van der Waals surface area (Å²) < 4.78 is 37.0. The van der Waals surface area contributed by atoms with E-state index < -0.39 is 38.8 Å². The summed E-state index contributed by atoms with van der Waals surface area (Å²) >= 11 is 0. The number of nitrogens with two attached hydrogens (primary N) is 1. The zero-order valence-corrected chi connectivity index (χ0v) is 15.9. The number of hydrogen-bond acceptors (Lipinski definition) is 7. The van der Waals surface area contributed by atoms with Gasteiger partial charge in [-0.2, -0.15) is 4.72 Å². The Bertz CT molecular complexity index is 970. The number of esters is 2. The van der Waals surface area contributed by atoms with E-state index in [0.717, 1.165) is 32.4 Å². The molecule has 3 N–H and O–H groups in total. The van der Waals surface area contributed by atoms with E-state index in [1.165, 1.54) is 12.1 Å². The summed E-state index contributed by atoms with van der Waals surface area (Å²) in [6.45, 7) is 0. The third-order valence-electron chi connectivity index (χ3n) is 3.75.